The molecule has 98 valence electrons. The number of hydrogen-bond acceptors (Lipinski definition) is 5. The number of aromatic nitrogens is 1. The van der Waals surface area contributed by atoms with Gasteiger partial charge in [-0.15, -0.1) is 0 Å². The third-order valence-corrected chi connectivity index (χ3v) is 2.95. The first-order valence-corrected chi connectivity index (χ1v) is 6.06. The number of nitrogens with zero attached hydrogens (tertiary/aromatic N) is 3. The molecular weight excluding hydrogens is 258 g/mol. The Morgan fingerprint density at radius 1 is 1.44 bits per heavy atom. The van der Waals surface area contributed by atoms with E-state index in [2.05, 4.69) is 4.98 Å². The molecule has 2 atom stereocenters. The van der Waals surface area contributed by atoms with Crippen molar-refractivity contribution in [2.75, 3.05) is 18.0 Å². The molecule has 0 saturated carbocycles. The maximum atomic E-state index is 11.0. The second kappa shape index (κ2) is 5.07. The molecule has 2 rings (SSSR count). The van der Waals surface area contributed by atoms with Crippen LogP contribution in [0.15, 0.2) is 12.1 Å². The van der Waals surface area contributed by atoms with Crippen LogP contribution >= 0.6 is 11.6 Å². The predicted octanol–water partition coefficient (Wildman–Crippen LogP) is 2.26. The van der Waals surface area contributed by atoms with E-state index in [0.717, 1.165) is 0 Å². The predicted molar refractivity (Wildman–Crippen MR) is 68.1 cm³/mol. The van der Waals surface area contributed by atoms with Crippen molar-refractivity contribution in [1.29, 1.82) is 0 Å². The molecule has 0 spiro atoms. The average Bonchev–Trinajstić information content (AvgIpc) is 2.27. The standard InChI is InChI=1S/C11H14ClN3O3/c1-7-5-14(6-8(2)18-7)11-9(15(16)17)3-4-10(12)13-11/h3-4,7-8H,5-6H2,1-2H3. The van der Waals surface area contributed by atoms with Gasteiger partial charge in [0.05, 0.1) is 17.1 Å². The van der Waals surface area contributed by atoms with Gasteiger partial charge in [0, 0.05) is 19.2 Å². The Morgan fingerprint density at radius 3 is 2.61 bits per heavy atom. The topological polar surface area (TPSA) is 68.5 Å². The van der Waals surface area contributed by atoms with Gasteiger partial charge in [-0.2, -0.15) is 0 Å². The van der Waals surface area contributed by atoms with Crippen LogP contribution in [-0.2, 0) is 4.74 Å². The van der Waals surface area contributed by atoms with Crippen LogP contribution in [0.2, 0.25) is 5.15 Å². The zero-order valence-corrected chi connectivity index (χ0v) is 10.9. The van der Waals surface area contributed by atoms with Gasteiger partial charge in [0.25, 0.3) is 0 Å². The van der Waals surface area contributed by atoms with Gasteiger partial charge in [0.15, 0.2) is 0 Å². The number of anilines is 1. The van der Waals surface area contributed by atoms with Crippen LogP contribution in [0.3, 0.4) is 0 Å². The van der Waals surface area contributed by atoms with Crippen molar-refractivity contribution in [3.8, 4) is 0 Å². The second-order valence-electron chi connectivity index (χ2n) is 4.40. The summed E-state index contributed by atoms with van der Waals surface area (Å²) >= 11 is 5.82. The van der Waals surface area contributed by atoms with Crippen LogP contribution in [0.5, 0.6) is 0 Å². The smallest absolute Gasteiger partial charge is 0.311 e. The van der Waals surface area contributed by atoms with E-state index in [0.29, 0.717) is 18.9 Å². The molecule has 2 unspecified atom stereocenters. The fraction of sp³-hybridized carbons (Fsp3) is 0.545. The van der Waals surface area contributed by atoms with E-state index in [1.54, 1.807) is 0 Å². The number of morpholine rings is 1. The summed E-state index contributed by atoms with van der Waals surface area (Å²) in [5.41, 5.74) is -0.0271. The zero-order chi connectivity index (χ0) is 13.3. The largest absolute Gasteiger partial charge is 0.372 e. The van der Waals surface area contributed by atoms with Gasteiger partial charge in [-0.25, -0.2) is 4.98 Å². The summed E-state index contributed by atoms with van der Waals surface area (Å²) in [5.74, 6) is 0.314. The first kappa shape index (κ1) is 13.0. The molecule has 0 N–H and O–H groups in total. The molecule has 1 saturated heterocycles. The highest BCUT2D eigenvalue weighted by atomic mass is 35.5. The Bertz CT molecular complexity index is 459. The van der Waals surface area contributed by atoms with Gasteiger partial charge in [-0.3, -0.25) is 10.1 Å². The molecule has 1 fully saturated rings. The molecule has 6 nitrogen and oxygen atoms in total. The minimum Gasteiger partial charge on any atom is -0.372 e. The first-order valence-electron chi connectivity index (χ1n) is 5.68. The van der Waals surface area contributed by atoms with Crippen molar-refractivity contribution in [3.63, 3.8) is 0 Å². The van der Waals surface area contributed by atoms with Gasteiger partial charge < -0.3 is 9.64 Å². The Morgan fingerprint density at radius 2 is 2.06 bits per heavy atom. The van der Waals surface area contributed by atoms with Crippen LogP contribution in [0.25, 0.3) is 0 Å². The molecule has 7 heteroatoms. The van der Waals surface area contributed by atoms with Crippen molar-refractivity contribution in [2.24, 2.45) is 0 Å². The maximum Gasteiger partial charge on any atom is 0.311 e. The first-order chi connectivity index (χ1) is 8.47. The lowest BCUT2D eigenvalue weighted by molar-refractivity contribution is -0.384. The molecule has 1 aromatic rings. The lowest BCUT2D eigenvalue weighted by atomic mass is 10.2. The average molecular weight is 272 g/mol. The summed E-state index contributed by atoms with van der Waals surface area (Å²) in [5, 5.41) is 11.3. The van der Waals surface area contributed by atoms with Crippen molar-refractivity contribution in [2.45, 2.75) is 26.1 Å². The molecule has 1 aliphatic rings. The van der Waals surface area contributed by atoms with Crippen molar-refractivity contribution in [1.82, 2.24) is 4.98 Å². The van der Waals surface area contributed by atoms with Crippen molar-refractivity contribution >= 4 is 23.1 Å². The summed E-state index contributed by atoms with van der Waals surface area (Å²) in [7, 11) is 0. The number of nitro groups is 1. The lowest BCUT2D eigenvalue weighted by Gasteiger charge is -2.35. The summed E-state index contributed by atoms with van der Waals surface area (Å²) in [6.45, 7) is 5.00. The molecule has 0 aliphatic carbocycles. The third kappa shape index (κ3) is 2.70. The van der Waals surface area contributed by atoms with Crippen molar-refractivity contribution < 1.29 is 9.66 Å². The number of hydrogen-bond donors (Lipinski definition) is 0. The number of ether oxygens (including phenoxy) is 1. The van der Waals surface area contributed by atoms with Crippen LogP contribution in [0.4, 0.5) is 11.5 Å². The van der Waals surface area contributed by atoms with E-state index >= 15 is 0 Å². The zero-order valence-electron chi connectivity index (χ0n) is 10.2. The molecule has 0 radical (unpaired) electrons. The van der Waals surface area contributed by atoms with E-state index in [1.165, 1.54) is 12.1 Å². The summed E-state index contributed by atoms with van der Waals surface area (Å²) in [6.07, 6.45) is 0.0169. The quantitative estimate of drug-likeness (QED) is 0.469. The van der Waals surface area contributed by atoms with Crippen LogP contribution < -0.4 is 4.90 Å². The van der Waals surface area contributed by atoms with Gasteiger partial charge >= 0.3 is 5.69 Å². The highest BCUT2D eigenvalue weighted by Crippen LogP contribution is 2.29. The Labute approximate surface area is 110 Å². The third-order valence-electron chi connectivity index (χ3n) is 2.74. The van der Waals surface area contributed by atoms with E-state index in [4.69, 9.17) is 16.3 Å². The van der Waals surface area contributed by atoms with Gasteiger partial charge in [-0.05, 0) is 19.9 Å². The molecule has 18 heavy (non-hydrogen) atoms. The Balaban J connectivity index is 2.36. The second-order valence-corrected chi connectivity index (χ2v) is 4.78. The minimum atomic E-state index is -0.441. The summed E-state index contributed by atoms with van der Waals surface area (Å²) < 4.78 is 5.60. The summed E-state index contributed by atoms with van der Waals surface area (Å²) in [4.78, 5) is 16.5. The van der Waals surface area contributed by atoms with Gasteiger partial charge in [0.2, 0.25) is 5.82 Å². The molecule has 1 aliphatic heterocycles. The Kier molecular flexibility index (Phi) is 3.68. The van der Waals surface area contributed by atoms with Gasteiger partial charge in [-0.1, -0.05) is 11.6 Å². The fourth-order valence-corrected chi connectivity index (χ4v) is 2.29. The highest BCUT2D eigenvalue weighted by Gasteiger charge is 2.28. The van der Waals surface area contributed by atoms with E-state index in [-0.39, 0.29) is 23.0 Å². The van der Waals surface area contributed by atoms with E-state index < -0.39 is 4.92 Å². The van der Waals surface area contributed by atoms with Crippen LogP contribution in [-0.4, -0.2) is 35.2 Å². The number of rotatable bonds is 2. The maximum absolute atomic E-state index is 11.0. The summed E-state index contributed by atoms with van der Waals surface area (Å²) in [6, 6.07) is 2.81. The molecule has 1 aromatic heterocycles. The van der Waals surface area contributed by atoms with E-state index in [1.807, 2.05) is 18.7 Å². The van der Waals surface area contributed by atoms with Crippen LogP contribution in [0, 0.1) is 10.1 Å². The number of halogens is 1. The molecule has 0 bridgehead atoms. The van der Waals surface area contributed by atoms with Gasteiger partial charge in [0.1, 0.15) is 5.15 Å². The molecular formula is C11H14ClN3O3. The fourth-order valence-electron chi connectivity index (χ4n) is 2.14. The number of pyridine rings is 1. The van der Waals surface area contributed by atoms with Crippen molar-refractivity contribution in [3.05, 3.63) is 27.4 Å². The van der Waals surface area contributed by atoms with E-state index in [9.17, 15) is 10.1 Å². The lowest BCUT2D eigenvalue weighted by Crippen LogP contribution is -2.46. The minimum absolute atomic E-state index is 0.00846. The monoisotopic (exact) mass is 271 g/mol. The molecule has 2 heterocycles. The highest BCUT2D eigenvalue weighted by molar-refractivity contribution is 6.29. The SMILES string of the molecule is CC1CN(c2nc(Cl)ccc2[N+](=O)[O-])CC(C)O1. The normalized spacial score (nSPS) is 24.1. The molecule has 0 amide bonds. The van der Waals surface area contributed by atoms with Crippen LogP contribution in [0.1, 0.15) is 13.8 Å². The molecule has 0 aromatic carbocycles. The Hall–Kier alpha value is -1.40.